The molecule has 17 heavy (non-hydrogen) atoms. The van der Waals surface area contributed by atoms with E-state index in [1.807, 2.05) is 11.8 Å². The van der Waals surface area contributed by atoms with Crippen LogP contribution in [0.3, 0.4) is 0 Å². The molecule has 3 heteroatoms. The molecule has 0 spiro atoms. The number of terminal acetylenes is 1. The lowest BCUT2D eigenvalue weighted by molar-refractivity contribution is 0.0318. The Bertz CT molecular complexity index is 260. The largest absolute Gasteiger partial charge is 0.317 e. The Morgan fingerprint density at radius 1 is 1.35 bits per heavy atom. The first kappa shape index (κ1) is 13.3. The molecular formula is C14H24N2S. The van der Waals surface area contributed by atoms with Crippen molar-refractivity contribution in [2.45, 2.75) is 50.2 Å². The first-order valence-corrected chi connectivity index (χ1v) is 7.95. The molecule has 2 aliphatic heterocycles. The molecule has 96 valence electrons. The van der Waals surface area contributed by atoms with Crippen LogP contribution in [0.5, 0.6) is 0 Å². The molecule has 0 radical (unpaired) electrons. The van der Waals surface area contributed by atoms with Crippen molar-refractivity contribution in [2.75, 3.05) is 25.1 Å². The molecule has 0 aliphatic carbocycles. The Hall–Kier alpha value is -0.170. The number of nitrogens with one attached hydrogen (secondary N) is 1. The predicted molar refractivity (Wildman–Crippen MR) is 76.4 cm³/mol. The SMILES string of the molecule is C#CCSCCN1C2CCCC1CC(NC)C2. The summed E-state index contributed by atoms with van der Waals surface area (Å²) in [5, 5.41) is 3.47. The number of rotatable bonds is 5. The second kappa shape index (κ2) is 6.68. The van der Waals surface area contributed by atoms with Gasteiger partial charge in [-0.3, -0.25) is 4.90 Å². The van der Waals surface area contributed by atoms with Gasteiger partial charge in [0.15, 0.2) is 0 Å². The maximum Gasteiger partial charge on any atom is 0.0545 e. The van der Waals surface area contributed by atoms with Gasteiger partial charge in [-0.15, -0.1) is 18.2 Å². The first-order chi connectivity index (χ1) is 8.35. The fourth-order valence-corrected chi connectivity index (χ4v) is 3.98. The average molecular weight is 252 g/mol. The molecule has 0 amide bonds. The van der Waals surface area contributed by atoms with Gasteiger partial charge in [0.2, 0.25) is 0 Å². The fourth-order valence-electron chi connectivity index (χ4n) is 3.38. The van der Waals surface area contributed by atoms with Gasteiger partial charge in [-0.05, 0) is 32.7 Å². The molecule has 0 aromatic rings. The van der Waals surface area contributed by atoms with Gasteiger partial charge in [-0.25, -0.2) is 0 Å². The zero-order chi connectivity index (χ0) is 12.1. The third kappa shape index (κ3) is 3.40. The standard InChI is InChI=1S/C14H24N2S/c1-3-8-17-9-7-16-13-5-4-6-14(16)11-12(10-13)15-2/h1,12-15H,4-11H2,2H3. The van der Waals surface area contributed by atoms with Crippen LogP contribution >= 0.6 is 11.8 Å². The molecule has 0 aromatic heterocycles. The summed E-state index contributed by atoms with van der Waals surface area (Å²) in [6.07, 6.45) is 12.2. The number of nitrogens with zero attached hydrogens (tertiary/aromatic N) is 1. The quantitative estimate of drug-likeness (QED) is 0.595. The number of thioether (sulfide) groups is 1. The highest BCUT2D eigenvalue weighted by molar-refractivity contribution is 7.99. The van der Waals surface area contributed by atoms with Crippen molar-refractivity contribution in [3.63, 3.8) is 0 Å². The van der Waals surface area contributed by atoms with E-state index in [1.54, 1.807) is 0 Å². The van der Waals surface area contributed by atoms with Crippen LogP contribution in [0.25, 0.3) is 0 Å². The minimum Gasteiger partial charge on any atom is -0.317 e. The topological polar surface area (TPSA) is 15.3 Å². The molecule has 2 unspecified atom stereocenters. The van der Waals surface area contributed by atoms with Gasteiger partial charge < -0.3 is 5.32 Å². The van der Waals surface area contributed by atoms with Crippen LogP contribution in [-0.4, -0.2) is 48.1 Å². The lowest BCUT2D eigenvalue weighted by Crippen LogP contribution is -2.56. The minimum atomic E-state index is 0.750. The minimum absolute atomic E-state index is 0.750. The molecule has 2 aliphatic rings. The van der Waals surface area contributed by atoms with Crippen molar-refractivity contribution in [3.8, 4) is 12.3 Å². The van der Waals surface area contributed by atoms with Crippen LogP contribution in [0.15, 0.2) is 0 Å². The van der Waals surface area contributed by atoms with E-state index >= 15 is 0 Å². The zero-order valence-electron chi connectivity index (χ0n) is 10.8. The summed E-state index contributed by atoms with van der Waals surface area (Å²) < 4.78 is 0. The second-order valence-electron chi connectivity index (χ2n) is 5.19. The van der Waals surface area contributed by atoms with Crippen molar-refractivity contribution < 1.29 is 0 Å². The third-order valence-electron chi connectivity index (χ3n) is 4.21. The van der Waals surface area contributed by atoms with Gasteiger partial charge in [0.05, 0.1) is 5.75 Å². The summed E-state index contributed by atoms with van der Waals surface area (Å²) in [7, 11) is 2.11. The van der Waals surface area contributed by atoms with Crippen molar-refractivity contribution in [1.82, 2.24) is 10.2 Å². The molecule has 2 fully saturated rings. The molecular weight excluding hydrogens is 228 g/mol. The number of piperidine rings is 2. The van der Waals surface area contributed by atoms with E-state index in [0.717, 1.165) is 23.9 Å². The van der Waals surface area contributed by atoms with Crippen LogP contribution in [-0.2, 0) is 0 Å². The van der Waals surface area contributed by atoms with Crippen LogP contribution < -0.4 is 5.32 Å². The van der Waals surface area contributed by atoms with Crippen molar-refractivity contribution >= 4 is 11.8 Å². The Morgan fingerprint density at radius 3 is 2.65 bits per heavy atom. The van der Waals surface area contributed by atoms with Crippen molar-refractivity contribution in [3.05, 3.63) is 0 Å². The summed E-state index contributed by atoms with van der Waals surface area (Å²) in [5.41, 5.74) is 0. The lowest BCUT2D eigenvalue weighted by Gasteiger charge is -2.49. The molecule has 2 saturated heterocycles. The molecule has 2 nitrogen and oxygen atoms in total. The molecule has 2 bridgehead atoms. The number of hydrogen-bond acceptors (Lipinski definition) is 3. The van der Waals surface area contributed by atoms with Crippen molar-refractivity contribution in [2.24, 2.45) is 0 Å². The van der Waals surface area contributed by atoms with Crippen LogP contribution in [0, 0.1) is 12.3 Å². The Kier molecular flexibility index (Phi) is 5.21. The number of fused-ring (bicyclic) bond motifs is 2. The maximum absolute atomic E-state index is 5.28. The highest BCUT2D eigenvalue weighted by Crippen LogP contribution is 2.33. The molecule has 2 heterocycles. The number of hydrogen-bond donors (Lipinski definition) is 1. The van der Waals surface area contributed by atoms with Crippen molar-refractivity contribution in [1.29, 1.82) is 0 Å². The molecule has 0 saturated carbocycles. The predicted octanol–water partition coefficient (Wildman–Crippen LogP) is 1.96. The summed E-state index contributed by atoms with van der Waals surface area (Å²) in [6, 6.07) is 2.40. The smallest absolute Gasteiger partial charge is 0.0545 e. The van der Waals surface area contributed by atoms with E-state index in [4.69, 9.17) is 6.42 Å². The van der Waals surface area contributed by atoms with E-state index < -0.39 is 0 Å². The summed E-state index contributed by atoms with van der Waals surface area (Å²) in [5.74, 6) is 4.77. The monoisotopic (exact) mass is 252 g/mol. The first-order valence-electron chi connectivity index (χ1n) is 6.79. The van der Waals surface area contributed by atoms with E-state index in [9.17, 15) is 0 Å². The fraction of sp³-hybridized carbons (Fsp3) is 0.857. The average Bonchev–Trinajstić information content (AvgIpc) is 2.34. The molecule has 0 aromatic carbocycles. The van der Waals surface area contributed by atoms with Gasteiger partial charge in [-0.1, -0.05) is 12.3 Å². The molecule has 2 atom stereocenters. The molecule has 2 rings (SSSR count). The lowest BCUT2D eigenvalue weighted by atomic mass is 9.82. The second-order valence-corrected chi connectivity index (χ2v) is 6.30. The van der Waals surface area contributed by atoms with E-state index in [-0.39, 0.29) is 0 Å². The normalized spacial score (nSPS) is 33.3. The summed E-state index contributed by atoms with van der Waals surface area (Å²) >= 11 is 1.90. The van der Waals surface area contributed by atoms with Crippen LogP contribution in [0.1, 0.15) is 32.1 Å². The van der Waals surface area contributed by atoms with E-state index in [2.05, 4.69) is 23.2 Å². The zero-order valence-corrected chi connectivity index (χ0v) is 11.6. The van der Waals surface area contributed by atoms with Crippen LogP contribution in [0.4, 0.5) is 0 Å². The van der Waals surface area contributed by atoms with Gasteiger partial charge in [0.1, 0.15) is 0 Å². The van der Waals surface area contributed by atoms with Crippen LogP contribution in [0.2, 0.25) is 0 Å². The van der Waals surface area contributed by atoms with E-state index in [0.29, 0.717) is 0 Å². The third-order valence-corrected chi connectivity index (χ3v) is 5.06. The Balaban J connectivity index is 1.83. The Morgan fingerprint density at radius 2 is 2.06 bits per heavy atom. The van der Waals surface area contributed by atoms with Gasteiger partial charge >= 0.3 is 0 Å². The highest BCUT2D eigenvalue weighted by atomic mass is 32.2. The van der Waals surface area contributed by atoms with Gasteiger partial charge in [0.25, 0.3) is 0 Å². The molecule has 1 N–H and O–H groups in total. The van der Waals surface area contributed by atoms with Gasteiger partial charge in [0, 0.05) is 30.4 Å². The van der Waals surface area contributed by atoms with Gasteiger partial charge in [-0.2, -0.15) is 0 Å². The maximum atomic E-state index is 5.28. The van der Waals surface area contributed by atoms with E-state index in [1.165, 1.54) is 44.4 Å². The summed E-state index contributed by atoms with van der Waals surface area (Å²) in [4.78, 5) is 2.76. The Labute approximate surface area is 110 Å². The highest BCUT2D eigenvalue weighted by Gasteiger charge is 2.37. The summed E-state index contributed by atoms with van der Waals surface area (Å²) in [6.45, 7) is 1.23.